The summed E-state index contributed by atoms with van der Waals surface area (Å²) in [5, 5.41) is 11.7. The maximum absolute atomic E-state index is 4.14. The van der Waals surface area contributed by atoms with Gasteiger partial charge >= 0.3 is 0 Å². The van der Waals surface area contributed by atoms with Gasteiger partial charge in [-0.05, 0) is 24.5 Å². The summed E-state index contributed by atoms with van der Waals surface area (Å²) >= 11 is 0. The lowest BCUT2D eigenvalue weighted by molar-refractivity contribution is 0.645. The molecule has 88 valence electrons. The molecule has 2 heterocycles. The lowest BCUT2D eigenvalue weighted by Crippen LogP contribution is -2.15. The van der Waals surface area contributed by atoms with Crippen LogP contribution in [0.25, 0.3) is 0 Å². The predicted octanol–water partition coefficient (Wildman–Crippen LogP) is 0.973. The highest BCUT2D eigenvalue weighted by atomic mass is 15.4. The van der Waals surface area contributed by atoms with Crippen LogP contribution in [-0.2, 0) is 13.1 Å². The first-order valence-electron chi connectivity index (χ1n) is 5.91. The van der Waals surface area contributed by atoms with Crippen molar-refractivity contribution in [3.05, 3.63) is 42.0 Å². The minimum absolute atomic E-state index is 0.707. The molecule has 1 saturated carbocycles. The topological polar surface area (TPSA) is 55.6 Å². The van der Waals surface area contributed by atoms with Crippen LogP contribution in [-0.4, -0.2) is 26.0 Å². The summed E-state index contributed by atoms with van der Waals surface area (Å²) in [4.78, 5) is 4.08. The van der Waals surface area contributed by atoms with Crippen LogP contribution in [0, 0.1) is 0 Å². The Balaban J connectivity index is 1.59. The first-order valence-corrected chi connectivity index (χ1v) is 5.91. The third-order valence-electron chi connectivity index (χ3n) is 2.80. The van der Waals surface area contributed by atoms with Gasteiger partial charge < -0.3 is 5.32 Å². The molecule has 0 aromatic carbocycles. The summed E-state index contributed by atoms with van der Waals surface area (Å²) in [5.41, 5.74) is 2.14. The Morgan fingerprint density at radius 3 is 3.12 bits per heavy atom. The van der Waals surface area contributed by atoms with Crippen molar-refractivity contribution >= 4 is 0 Å². The molecule has 0 saturated heterocycles. The van der Waals surface area contributed by atoms with Gasteiger partial charge in [0.15, 0.2) is 0 Å². The third kappa shape index (κ3) is 2.88. The van der Waals surface area contributed by atoms with Gasteiger partial charge in [-0.3, -0.25) is 4.98 Å². The first-order chi connectivity index (χ1) is 8.40. The zero-order valence-corrected chi connectivity index (χ0v) is 9.58. The van der Waals surface area contributed by atoms with E-state index < -0.39 is 0 Å². The van der Waals surface area contributed by atoms with E-state index in [4.69, 9.17) is 0 Å². The quantitative estimate of drug-likeness (QED) is 0.830. The van der Waals surface area contributed by atoms with E-state index >= 15 is 0 Å². The highest BCUT2D eigenvalue weighted by Gasteiger charge is 2.20. The Morgan fingerprint density at radius 2 is 2.35 bits per heavy atom. The summed E-state index contributed by atoms with van der Waals surface area (Å²) in [6.07, 6.45) is 8.20. The third-order valence-corrected chi connectivity index (χ3v) is 2.80. The molecule has 0 amide bonds. The van der Waals surface area contributed by atoms with Crippen molar-refractivity contribution in [1.82, 2.24) is 25.3 Å². The molecule has 0 spiro atoms. The van der Waals surface area contributed by atoms with Gasteiger partial charge in [0.05, 0.1) is 18.4 Å². The maximum Gasteiger partial charge on any atom is 0.0965 e. The second-order valence-electron chi connectivity index (χ2n) is 4.42. The number of rotatable bonds is 5. The summed E-state index contributed by atoms with van der Waals surface area (Å²) in [6, 6.07) is 4.68. The second kappa shape index (κ2) is 4.63. The molecule has 5 heteroatoms. The van der Waals surface area contributed by atoms with Gasteiger partial charge in [-0.25, -0.2) is 4.68 Å². The monoisotopic (exact) mass is 229 g/mol. The SMILES string of the molecule is c1cncc(Cn2cc(CNC3CC3)nn2)c1. The van der Waals surface area contributed by atoms with Crippen LogP contribution in [0.5, 0.6) is 0 Å². The van der Waals surface area contributed by atoms with Crippen LogP contribution >= 0.6 is 0 Å². The van der Waals surface area contributed by atoms with Gasteiger partial charge in [-0.1, -0.05) is 11.3 Å². The van der Waals surface area contributed by atoms with Crippen molar-refractivity contribution in [2.75, 3.05) is 0 Å². The molecule has 3 rings (SSSR count). The molecule has 0 bridgehead atoms. The Kier molecular flexibility index (Phi) is 2.83. The normalized spacial score (nSPS) is 15.1. The van der Waals surface area contributed by atoms with Gasteiger partial charge in [0.25, 0.3) is 0 Å². The van der Waals surface area contributed by atoms with E-state index in [1.54, 1.807) is 6.20 Å². The Labute approximate surface area is 99.9 Å². The Morgan fingerprint density at radius 1 is 1.41 bits per heavy atom. The summed E-state index contributed by atoms with van der Waals surface area (Å²) in [5.74, 6) is 0. The molecule has 2 aromatic heterocycles. The van der Waals surface area contributed by atoms with Crippen LogP contribution in [0.4, 0.5) is 0 Å². The summed E-state index contributed by atoms with van der Waals surface area (Å²) in [7, 11) is 0. The molecule has 1 aliphatic rings. The van der Waals surface area contributed by atoms with E-state index in [1.165, 1.54) is 12.8 Å². The lowest BCUT2D eigenvalue weighted by atomic mass is 10.3. The molecule has 0 radical (unpaired) electrons. The number of hydrogen-bond donors (Lipinski definition) is 1. The van der Waals surface area contributed by atoms with Crippen LogP contribution < -0.4 is 5.32 Å². The van der Waals surface area contributed by atoms with Gasteiger partial charge in [-0.15, -0.1) is 5.10 Å². The Bertz CT molecular complexity index is 475. The van der Waals surface area contributed by atoms with Crippen molar-refractivity contribution in [3.8, 4) is 0 Å². The molecule has 0 atom stereocenters. The van der Waals surface area contributed by atoms with Crippen molar-refractivity contribution in [2.45, 2.75) is 32.0 Å². The van der Waals surface area contributed by atoms with Crippen LogP contribution in [0.1, 0.15) is 24.1 Å². The number of nitrogens with zero attached hydrogens (tertiary/aromatic N) is 4. The Hall–Kier alpha value is -1.75. The predicted molar refractivity (Wildman–Crippen MR) is 63.2 cm³/mol. The van der Waals surface area contributed by atoms with Crippen molar-refractivity contribution in [2.24, 2.45) is 0 Å². The minimum Gasteiger partial charge on any atom is -0.308 e. The van der Waals surface area contributed by atoms with E-state index in [9.17, 15) is 0 Å². The zero-order valence-electron chi connectivity index (χ0n) is 9.58. The van der Waals surface area contributed by atoms with Gasteiger partial charge in [-0.2, -0.15) is 0 Å². The standard InChI is InChI=1S/C12H15N5/c1-2-10(6-13-5-1)8-17-9-12(15-16-17)7-14-11-3-4-11/h1-2,5-6,9,11,14H,3-4,7-8H2. The fraction of sp³-hybridized carbons (Fsp3) is 0.417. The highest BCUT2D eigenvalue weighted by molar-refractivity contribution is 5.09. The van der Waals surface area contributed by atoms with E-state index in [0.29, 0.717) is 6.04 Å². The summed E-state index contributed by atoms with van der Waals surface area (Å²) < 4.78 is 1.85. The van der Waals surface area contributed by atoms with Crippen molar-refractivity contribution < 1.29 is 0 Å². The molecule has 1 N–H and O–H groups in total. The lowest BCUT2D eigenvalue weighted by Gasteiger charge is -1.99. The fourth-order valence-corrected chi connectivity index (χ4v) is 1.71. The molecule has 17 heavy (non-hydrogen) atoms. The van der Waals surface area contributed by atoms with Gasteiger partial charge in [0.1, 0.15) is 0 Å². The number of aromatic nitrogens is 4. The minimum atomic E-state index is 0.707. The largest absolute Gasteiger partial charge is 0.308 e. The smallest absolute Gasteiger partial charge is 0.0965 e. The molecule has 1 fully saturated rings. The highest BCUT2D eigenvalue weighted by Crippen LogP contribution is 2.18. The maximum atomic E-state index is 4.14. The zero-order chi connectivity index (χ0) is 11.5. The molecule has 2 aromatic rings. The molecular formula is C12H15N5. The van der Waals surface area contributed by atoms with Crippen LogP contribution in [0.2, 0.25) is 0 Å². The average molecular weight is 229 g/mol. The number of pyridine rings is 1. The van der Waals surface area contributed by atoms with E-state index in [-0.39, 0.29) is 0 Å². The molecular weight excluding hydrogens is 214 g/mol. The summed E-state index contributed by atoms with van der Waals surface area (Å²) in [6.45, 7) is 1.54. The van der Waals surface area contributed by atoms with Crippen LogP contribution in [0.15, 0.2) is 30.7 Å². The average Bonchev–Trinajstić information content (AvgIpc) is 3.09. The van der Waals surface area contributed by atoms with Crippen molar-refractivity contribution in [1.29, 1.82) is 0 Å². The van der Waals surface area contributed by atoms with Crippen LogP contribution in [0.3, 0.4) is 0 Å². The molecule has 0 unspecified atom stereocenters. The van der Waals surface area contributed by atoms with E-state index in [0.717, 1.165) is 24.3 Å². The molecule has 5 nitrogen and oxygen atoms in total. The first kappa shape index (κ1) is 10.4. The molecule has 1 aliphatic carbocycles. The van der Waals surface area contributed by atoms with Crippen molar-refractivity contribution in [3.63, 3.8) is 0 Å². The number of nitrogens with one attached hydrogen (secondary N) is 1. The van der Waals surface area contributed by atoms with Gasteiger partial charge in [0.2, 0.25) is 0 Å². The van der Waals surface area contributed by atoms with E-state index in [1.807, 2.05) is 29.2 Å². The molecule has 0 aliphatic heterocycles. The van der Waals surface area contributed by atoms with E-state index in [2.05, 4.69) is 20.6 Å². The van der Waals surface area contributed by atoms with Gasteiger partial charge in [0, 0.05) is 25.0 Å². The fourth-order valence-electron chi connectivity index (χ4n) is 1.71. The second-order valence-corrected chi connectivity index (χ2v) is 4.42. The number of hydrogen-bond acceptors (Lipinski definition) is 4.